The minimum atomic E-state index is -0.848. The third-order valence-corrected chi connectivity index (χ3v) is 4.11. The Morgan fingerprint density at radius 2 is 1.96 bits per heavy atom. The summed E-state index contributed by atoms with van der Waals surface area (Å²) in [6.07, 6.45) is 0. The first-order chi connectivity index (χ1) is 11.5. The SMILES string of the molecule is C=C1CN=C(N(C(=O)Nc2ccccc2)c2ccc(F)cc2F)S1. The van der Waals surface area contributed by atoms with Gasteiger partial charge in [-0.25, -0.2) is 18.5 Å². The number of amidine groups is 1. The van der Waals surface area contributed by atoms with Crippen molar-refractivity contribution in [3.05, 3.63) is 71.6 Å². The summed E-state index contributed by atoms with van der Waals surface area (Å²) in [5.41, 5.74) is 0.475. The number of halogens is 2. The Bertz CT molecular complexity index is 824. The summed E-state index contributed by atoms with van der Waals surface area (Å²) in [5.74, 6) is -1.57. The second-order valence-electron chi connectivity index (χ2n) is 4.97. The number of carbonyl (C=O) groups is 1. The molecule has 7 heteroatoms. The highest BCUT2D eigenvalue weighted by atomic mass is 32.2. The first-order valence-corrected chi connectivity index (χ1v) is 7.87. The molecule has 1 heterocycles. The van der Waals surface area contributed by atoms with Crippen molar-refractivity contribution in [2.45, 2.75) is 0 Å². The van der Waals surface area contributed by atoms with Crippen LogP contribution in [0, 0.1) is 11.6 Å². The van der Waals surface area contributed by atoms with E-state index in [4.69, 9.17) is 0 Å². The van der Waals surface area contributed by atoms with Crippen molar-refractivity contribution in [1.82, 2.24) is 0 Å². The van der Waals surface area contributed by atoms with Gasteiger partial charge in [-0.1, -0.05) is 36.5 Å². The van der Waals surface area contributed by atoms with Gasteiger partial charge in [0, 0.05) is 16.7 Å². The Hall–Kier alpha value is -2.67. The standard InChI is InChI=1S/C17H13F2N3OS/c1-11-10-20-17(24-11)22(15-8-7-12(18)9-14(15)19)16(23)21-13-5-3-2-4-6-13/h2-9H,1,10H2,(H,21,23). The van der Waals surface area contributed by atoms with E-state index in [1.54, 1.807) is 24.3 Å². The fourth-order valence-electron chi connectivity index (χ4n) is 2.13. The summed E-state index contributed by atoms with van der Waals surface area (Å²) in [6, 6.07) is 11.2. The highest BCUT2D eigenvalue weighted by molar-refractivity contribution is 8.17. The molecule has 0 bridgehead atoms. The van der Waals surface area contributed by atoms with Crippen LogP contribution in [0.1, 0.15) is 0 Å². The Morgan fingerprint density at radius 3 is 2.58 bits per heavy atom. The molecule has 0 radical (unpaired) electrons. The van der Waals surface area contributed by atoms with E-state index in [9.17, 15) is 13.6 Å². The first kappa shape index (κ1) is 16.2. The molecule has 1 aliphatic heterocycles. The number of benzene rings is 2. The molecule has 0 spiro atoms. The Kier molecular flexibility index (Phi) is 4.61. The Balaban J connectivity index is 1.96. The monoisotopic (exact) mass is 345 g/mol. The molecular weight excluding hydrogens is 332 g/mol. The molecule has 24 heavy (non-hydrogen) atoms. The maximum atomic E-state index is 14.2. The second-order valence-corrected chi connectivity index (χ2v) is 6.11. The molecule has 0 saturated heterocycles. The number of para-hydroxylation sites is 1. The maximum absolute atomic E-state index is 14.2. The van der Waals surface area contributed by atoms with Crippen LogP contribution in [0.2, 0.25) is 0 Å². The molecule has 0 saturated carbocycles. The predicted octanol–water partition coefficient (Wildman–Crippen LogP) is 4.62. The van der Waals surface area contributed by atoms with Gasteiger partial charge in [-0.3, -0.25) is 4.99 Å². The quantitative estimate of drug-likeness (QED) is 0.863. The van der Waals surface area contributed by atoms with Crippen LogP contribution in [0.4, 0.5) is 25.0 Å². The highest BCUT2D eigenvalue weighted by Gasteiger charge is 2.28. The molecule has 0 aliphatic carbocycles. The van der Waals surface area contributed by atoms with Gasteiger partial charge in [0.15, 0.2) is 5.17 Å². The topological polar surface area (TPSA) is 44.7 Å². The number of nitrogens with zero attached hydrogens (tertiary/aromatic N) is 2. The highest BCUT2D eigenvalue weighted by Crippen LogP contribution is 2.31. The van der Waals surface area contributed by atoms with Gasteiger partial charge in [-0.2, -0.15) is 0 Å². The molecule has 0 unspecified atom stereocenters. The predicted molar refractivity (Wildman–Crippen MR) is 93.3 cm³/mol. The van der Waals surface area contributed by atoms with Gasteiger partial charge in [0.1, 0.15) is 11.6 Å². The smallest absolute Gasteiger partial charge is 0.307 e. The minimum absolute atomic E-state index is 0.0780. The van der Waals surface area contributed by atoms with E-state index in [0.717, 1.165) is 21.9 Å². The molecule has 122 valence electrons. The molecule has 2 aromatic rings. The van der Waals surface area contributed by atoms with Crippen molar-refractivity contribution >= 4 is 34.3 Å². The molecule has 4 nitrogen and oxygen atoms in total. The normalized spacial score (nSPS) is 13.6. The fourth-order valence-corrected chi connectivity index (χ4v) is 2.92. The van der Waals surface area contributed by atoms with Gasteiger partial charge in [0.2, 0.25) is 0 Å². The van der Waals surface area contributed by atoms with Crippen LogP contribution in [0.5, 0.6) is 0 Å². The van der Waals surface area contributed by atoms with Crippen LogP contribution >= 0.6 is 11.8 Å². The number of rotatable bonds is 2. The van der Waals surface area contributed by atoms with Crippen LogP contribution in [0.3, 0.4) is 0 Å². The summed E-state index contributed by atoms with van der Waals surface area (Å²) in [7, 11) is 0. The van der Waals surface area contributed by atoms with E-state index in [2.05, 4.69) is 16.9 Å². The van der Waals surface area contributed by atoms with Crippen molar-refractivity contribution in [1.29, 1.82) is 0 Å². The van der Waals surface area contributed by atoms with Gasteiger partial charge in [0.25, 0.3) is 0 Å². The number of anilines is 2. The molecule has 0 aromatic heterocycles. The average Bonchev–Trinajstić information content (AvgIpc) is 2.97. The number of hydrogen-bond donors (Lipinski definition) is 1. The van der Waals surface area contributed by atoms with E-state index in [-0.39, 0.29) is 5.69 Å². The number of thioether (sulfide) groups is 1. The van der Waals surface area contributed by atoms with Crippen molar-refractivity contribution in [2.24, 2.45) is 4.99 Å². The first-order valence-electron chi connectivity index (χ1n) is 7.06. The van der Waals surface area contributed by atoms with E-state index < -0.39 is 17.7 Å². The van der Waals surface area contributed by atoms with Crippen LogP contribution in [0.25, 0.3) is 0 Å². The molecule has 2 amide bonds. The molecular formula is C17H13F2N3OS. The lowest BCUT2D eigenvalue weighted by Crippen LogP contribution is -2.38. The average molecular weight is 345 g/mol. The zero-order valence-corrected chi connectivity index (χ0v) is 13.3. The summed E-state index contributed by atoms with van der Waals surface area (Å²) in [5, 5.41) is 2.97. The molecule has 0 fully saturated rings. The van der Waals surface area contributed by atoms with Crippen molar-refractivity contribution in [3.8, 4) is 0 Å². The van der Waals surface area contributed by atoms with Gasteiger partial charge in [-0.15, -0.1) is 0 Å². The van der Waals surface area contributed by atoms with Crippen molar-refractivity contribution in [2.75, 3.05) is 16.8 Å². The Morgan fingerprint density at radius 1 is 1.21 bits per heavy atom. The van der Waals surface area contributed by atoms with Crippen molar-refractivity contribution < 1.29 is 13.6 Å². The second kappa shape index (κ2) is 6.84. The largest absolute Gasteiger partial charge is 0.332 e. The van der Waals surface area contributed by atoms with Gasteiger partial charge in [0.05, 0.1) is 12.2 Å². The lowest BCUT2D eigenvalue weighted by atomic mass is 10.2. The number of carbonyl (C=O) groups excluding carboxylic acids is 1. The summed E-state index contributed by atoms with van der Waals surface area (Å²) < 4.78 is 27.4. The summed E-state index contributed by atoms with van der Waals surface area (Å²) >= 11 is 1.18. The Labute approximate surface area is 141 Å². The number of aliphatic imine (C=N–C) groups is 1. The number of urea groups is 1. The molecule has 0 atom stereocenters. The third-order valence-electron chi connectivity index (χ3n) is 3.20. The lowest BCUT2D eigenvalue weighted by molar-refractivity contribution is 0.259. The van der Waals surface area contributed by atoms with E-state index in [0.29, 0.717) is 17.4 Å². The van der Waals surface area contributed by atoms with E-state index >= 15 is 0 Å². The van der Waals surface area contributed by atoms with E-state index in [1.807, 2.05) is 6.07 Å². The summed E-state index contributed by atoms with van der Waals surface area (Å²) in [4.78, 5) is 18.7. The molecule has 2 aromatic carbocycles. The van der Waals surface area contributed by atoms with Crippen LogP contribution < -0.4 is 10.2 Å². The van der Waals surface area contributed by atoms with Crippen LogP contribution in [-0.4, -0.2) is 17.7 Å². The molecule has 1 aliphatic rings. The maximum Gasteiger partial charge on any atom is 0.332 e. The van der Waals surface area contributed by atoms with Gasteiger partial charge >= 0.3 is 6.03 Å². The molecule has 3 rings (SSSR count). The van der Waals surface area contributed by atoms with Gasteiger partial charge in [-0.05, 0) is 24.3 Å². The van der Waals surface area contributed by atoms with Crippen LogP contribution in [0.15, 0.2) is 65.0 Å². The number of amides is 2. The van der Waals surface area contributed by atoms with Crippen molar-refractivity contribution in [3.63, 3.8) is 0 Å². The van der Waals surface area contributed by atoms with E-state index in [1.165, 1.54) is 17.8 Å². The van der Waals surface area contributed by atoms with Crippen LogP contribution in [-0.2, 0) is 0 Å². The number of nitrogens with one attached hydrogen (secondary N) is 1. The third kappa shape index (κ3) is 3.46. The lowest BCUT2D eigenvalue weighted by Gasteiger charge is -2.22. The minimum Gasteiger partial charge on any atom is -0.307 e. The summed E-state index contributed by atoms with van der Waals surface area (Å²) in [6.45, 7) is 4.14. The van der Waals surface area contributed by atoms with Gasteiger partial charge < -0.3 is 5.32 Å². The molecule has 1 N–H and O–H groups in total. The number of hydrogen-bond acceptors (Lipinski definition) is 3. The fraction of sp³-hybridized carbons (Fsp3) is 0.0588. The zero-order chi connectivity index (χ0) is 17.1. The zero-order valence-electron chi connectivity index (χ0n) is 12.5.